The van der Waals surface area contributed by atoms with Crippen LogP contribution in [-0.4, -0.2) is 47.2 Å². The molecular formula is C8H16O5S. The van der Waals surface area contributed by atoms with E-state index in [1.807, 2.05) is 0 Å². The van der Waals surface area contributed by atoms with Gasteiger partial charge in [-0.2, -0.15) is 8.42 Å². The van der Waals surface area contributed by atoms with Crippen molar-refractivity contribution in [2.75, 3.05) is 32.7 Å². The van der Waals surface area contributed by atoms with E-state index in [1.165, 1.54) is 0 Å². The average molecular weight is 224 g/mol. The van der Waals surface area contributed by atoms with Crippen LogP contribution in [-0.2, 0) is 23.8 Å². The van der Waals surface area contributed by atoms with Crippen LogP contribution < -0.4 is 0 Å². The maximum atomic E-state index is 10.6. The predicted molar refractivity (Wildman–Crippen MR) is 50.6 cm³/mol. The first-order chi connectivity index (χ1) is 6.58. The van der Waals surface area contributed by atoms with E-state index in [-0.39, 0.29) is 12.7 Å². The Kier molecular flexibility index (Phi) is 4.80. The van der Waals surface area contributed by atoms with Crippen LogP contribution in [0, 0.1) is 0 Å². The maximum Gasteiger partial charge on any atom is 0.264 e. The minimum atomic E-state index is -3.33. The molecule has 5 nitrogen and oxygen atoms in total. The third-order valence-corrected chi connectivity index (χ3v) is 2.50. The molecule has 6 heteroatoms. The van der Waals surface area contributed by atoms with Crippen molar-refractivity contribution >= 4 is 10.1 Å². The van der Waals surface area contributed by atoms with E-state index in [0.29, 0.717) is 6.61 Å². The normalized spacial score (nSPS) is 19.8. The van der Waals surface area contributed by atoms with Gasteiger partial charge in [0.1, 0.15) is 0 Å². The fraction of sp³-hybridized carbons (Fsp3) is 1.00. The first kappa shape index (κ1) is 11.9. The van der Waals surface area contributed by atoms with Gasteiger partial charge in [0.15, 0.2) is 0 Å². The highest BCUT2D eigenvalue weighted by Gasteiger charge is 2.13. The summed E-state index contributed by atoms with van der Waals surface area (Å²) >= 11 is 0. The molecule has 1 aliphatic rings. The first-order valence-corrected chi connectivity index (χ1v) is 6.43. The van der Waals surface area contributed by atoms with E-state index in [1.54, 1.807) is 0 Å². The van der Waals surface area contributed by atoms with Gasteiger partial charge < -0.3 is 9.47 Å². The van der Waals surface area contributed by atoms with Gasteiger partial charge in [0.2, 0.25) is 0 Å². The van der Waals surface area contributed by atoms with Crippen LogP contribution in [0.1, 0.15) is 12.8 Å². The molecule has 0 radical (unpaired) electrons. The van der Waals surface area contributed by atoms with Gasteiger partial charge >= 0.3 is 0 Å². The monoisotopic (exact) mass is 224 g/mol. The summed E-state index contributed by atoms with van der Waals surface area (Å²) in [6.45, 7) is 1.85. The molecule has 14 heavy (non-hydrogen) atoms. The van der Waals surface area contributed by atoms with E-state index in [0.717, 1.165) is 32.3 Å². The van der Waals surface area contributed by atoms with Crippen LogP contribution in [0.4, 0.5) is 0 Å². The van der Waals surface area contributed by atoms with E-state index >= 15 is 0 Å². The minimum Gasteiger partial charge on any atom is -0.381 e. The van der Waals surface area contributed by atoms with Gasteiger partial charge in [0.05, 0.1) is 25.6 Å². The Bertz CT molecular complexity index is 242. The number of ether oxygens (including phenoxy) is 2. The number of hydrogen-bond acceptors (Lipinski definition) is 5. The zero-order valence-corrected chi connectivity index (χ0v) is 9.09. The quantitative estimate of drug-likeness (QED) is 0.491. The van der Waals surface area contributed by atoms with Crippen molar-refractivity contribution in [2.45, 2.75) is 18.9 Å². The van der Waals surface area contributed by atoms with Crippen LogP contribution >= 0.6 is 0 Å². The van der Waals surface area contributed by atoms with Gasteiger partial charge in [-0.1, -0.05) is 0 Å². The molecule has 1 aliphatic heterocycles. The summed E-state index contributed by atoms with van der Waals surface area (Å²) in [5, 5.41) is 0. The van der Waals surface area contributed by atoms with Crippen molar-refractivity contribution in [1.82, 2.24) is 0 Å². The Balaban J connectivity index is 2.03. The smallest absolute Gasteiger partial charge is 0.264 e. The predicted octanol–water partition coefficient (Wildman–Crippen LogP) is 0.158. The molecule has 0 aromatic heterocycles. The van der Waals surface area contributed by atoms with Crippen LogP contribution in [0.25, 0.3) is 0 Å². The molecule has 0 atom stereocenters. The molecule has 0 aromatic carbocycles. The fourth-order valence-electron chi connectivity index (χ4n) is 1.24. The van der Waals surface area contributed by atoms with E-state index in [2.05, 4.69) is 4.18 Å². The van der Waals surface area contributed by atoms with Crippen molar-refractivity contribution < 1.29 is 22.1 Å². The lowest BCUT2D eigenvalue weighted by Gasteiger charge is -2.22. The Morgan fingerprint density at radius 3 is 2.50 bits per heavy atom. The number of hydrogen-bond donors (Lipinski definition) is 0. The van der Waals surface area contributed by atoms with E-state index in [9.17, 15) is 8.42 Å². The Labute approximate surface area is 84.5 Å². The SMILES string of the molecule is CS(=O)(=O)OCCOC1CCOCC1. The van der Waals surface area contributed by atoms with Crippen LogP contribution in [0.2, 0.25) is 0 Å². The summed E-state index contributed by atoms with van der Waals surface area (Å²) in [5.74, 6) is 0. The molecule has 0 N–H and O–H groups in total. The third kappa shape index (κ3) is 5.54. The second kappa shape index (κ2) is 5.65. The molecule has 0 spiro atoms. The van der Waals surface area contributed by atoms with Gasteiger partial charge in [0.25, 0.3) is 10.1 Å². The van der Waals surface area contributed by atoms with Crippen LogP contribution in [0.3, 0.4) is 0 Å². The molecule has 84 valence electrons. The zero-order chi connectivity index (χ0) is 10.4. The highest BCUT2D eigenvalue weighted by atomic mass is 32.2. The summed E-state index contributed by atoms with van der Waals surface area (Å²) in [6, 6.07) is 0. The van der Waals surface area contributed by atoms with Crippen molar-refractivity contribution in [1.29, 1.82) is 0 Å². The topological polar surface area (TPSA) is 61.8 Å². The molecule has 1 saturated heterocycles. The summed E-state index contributed by atoms with van der Waals surface area (Å²) in [7, 11) is -3.33. The third-order valence-electron chi connectivity index (χ3n) is 1.90. The maximum absolute atomic E-state index is 10.6. The lowest BCUT2D eigenvalue weighted by molar-refractivity contribution is -0.0383. The lowest BCUT2D eigenvalue weighted by Crippen LogP contribution is -2.25. The van der Waals surface area contributed by atoms with Crippen molar-refractivity contribution in [2.24, 2.45) is 0 Å². The molecule has 1 heterocycles. The van der Waals surface area contributed by atoms with E-state index in [4.69, 9.17) is 9.47 Å². The average Bonchev–Trinajstić information content (AvgIpc) is 2.13. The Morgan fingerprint density at radius 2 is 1.93 bits per heavy atom. The molecule has 0 saturated carbocycles. The van der Waals surface area contributed by atoms with Crippen LogP contribution in [0.15, 0.2) is 0 Å². The molecule has 0 amide bonds. The molecule has 0 unspecified atom stereocenters. The number of rotatable bonds is 5. The lowest BCUT2D eigenvalue weighted by atomic mass is 10.2. The van der Waals surface area contributed by atoms with Crippen LogP contribution in [0.5, 0.6) is 0 Å². The fourth-order valence-corrected chi connectivity index (χ4v) is 1.61. The van der Waals surface area contributed by atoms with Gasteiger partial charge in [-0.05, 0) is 12.8 Å². The molecule has 1 fully saturated rings. The summed E-state index contributed by atoms with van der Waals surface area (Å²) in [5.41, 5.74) is 0. The standard InChI is InChI=1S/C8H16O5S/c1-14(9,10)13-7-6-12-8-2-4-11-5-3-8/h8H,2-7H2,1H3. The van der Waals surface area contributed by atoms with Gasteiger partial charge in [-0.25, -0.2) is 0 Å². The summed E-state index contributed by atoms with van der Waals surface area (Å²) in [6.07, 6.45) is 2.96. The molecular weight excluding hydrogens is 208 g/mol. The van der Waals surface area contributed by atoms with Gasteiger partial charge in [-0.3, -0.25) is 4.18 Å². The second-order valence-electron chi connectivity index (χ2n) is 3.21. The first-order valence-electron chi connectivity index (χ1n) is 4.62. The summed E-state index contributed by atoms with van der Waals surface area (Å²) < 4.78 is 36.3. The molecule has 0 aliphatic carbocycles. The second-order valence-corrected chi connectivity index (χ2v) is 4.85. The van der Waals surface area contributed by atoms with Crippen molar-refractivity contribution in [3.63, 3.8) is 0 Å². The van der Waals surface area contributed by atoms with Gasteiger partial charge in [0, 0.05) is 13.2 Å². The van der Waals surface area contributed by atoms with Gasteiger partial charge in [-0.15, -0.1) is 0 Å². The highest BCUT2D eigenvalue weighted by Crippen LogP contribution is 2.10. The Hall–Kier alpha value is -0.170. The molecule has 0 bridgehead atoms. The van der Waals surface area contributed by atoms with Crippen molar-refractivity contribution in [3.8, 4) is 0 Å². The zero-order valence-electron chi connectivity index (χ0n) is 8.27. The highest BCUT2D eigenvalue weighted by molar-refractivity contribution is 7.85. The van der Waals surface area contributed by atoms with E-state index < -0.39 is 10.1 Å². The molecule has 0 aromatic rings. The minimum absolute atomic E-state index is 0.0934. The Morgan fingerprint density at radius 1 is 1.29 bits per heavy atom. The summed E-state index contributed by atoms with van der Waals surface area (Å²) in [4.78, 5) is 0. The van der Waals surface area contributed by atoms with Crippen molar-refractivity contribution in [3.05, 3.63) is 0 Å². The molecule has 1 rings (SSSR count). The largest absolute Gasteiger partial charge is 0.381 e.